The Kier molecular flexibility index (Phi) is 5.25. The molecule has 0 aliphatic rings. The first kappa shape index (κ1) is 25.1. The van der Waals surface area contributed by atoms with E-state index in [1.807, 2.05) is 18.2 Å². The van der Waals surface area contributed by atoms with Gasteiger partial charge in [0.2, 0.25) is 0 Å². The van der Waals surface area contributed by atoms with E-state index in [1.165, 1.54) is 32.7 Å². The summed E-state index contributed by atoms with van der Waals surface area (Å²) in [6, 6.07) is 53.2. The second-order valence-electron chi connectivity index (χ2n) is 11.8. The molecule has 0 fully saturated rings. The van der Waals surface area contributed by atoms with Crippen LogP contribution in [0.15, 0.2) is 156 Å². The van der Waals surface area contributed by atoms with Crippen molar-refractivity contribution >= 4 is 65.4 Å². The van der Waals surface area contributed by atoms with Crippen molar-refractivity contribution in [1.82, 2.24) is 14.5 Å². The highest BCUT2D eigenvalue weighted by Gasteiger charge is 2.23. The fourth-order valence-electron chi connectivity index (χ4n) is 7.01. The fraction of sp³-hybridized carbons (Fsp3) is 0. The van der Waals surface area contributed by atoms with Crippen LogP contribution in [0.3, 0.4) is 0 Å². The van der Waals surface area contributed by atoms with Crippen LogP contribution in [0.4, 0.5) is 0 Å². The van der Waals surface area contributed by atoms with Crippen LogP contribution in [0.2, 0.25) is 0 Å². The number of nitrogens with zero attached hydrogens (tertiary/aromatic N) is 3. The molecular formula is C42H25N3O. The van der Waals surface area contributed by atoms with Crippen LogP contribution in [0.5, 0.6) is 0 Å². The quantitative estimate of drug-likeness (QED) is 0.207. The van der Waals surface area contributed by atoms with Gasteiger partial charge in [0.25, 0.3) is 0 Å². The van der Waals surface area contributed by atoms with Crippen molar-refractivity contribution < 1.29 is 4.42 Å². The minimum absolute atomic E-state index is 0.663. The molecule has 46 heavy (non-hydrogen) atoms. The van der Waals surface area contributed by atoms with E-state index in [1.54, 1.807) is 0 Å². The van der Waals surface area contributed by atoms with Gasteiger partial charge in [-0.3, -0.25) is 4.57 Å². The molecule has 3 aromatic heterocycles. The maximum atomic E-state index is 6.74. The van der Waals surface area contributed by atoms with Crippen molar-refractivity contribution in [1.29, 1.82) is 0 Å². The molecule has 0 amide bonds. The highest BCUT2D eigenvalue weighted by molar-refractivity contribution is 6.22. The predicted molar refractivity (Wildman–Crippen MR) is 190 cm³/mol. The third kappa shape index (κ3) is 3.67. The zero-order valence-electron chi connectivity index (χ0n) is 24.7. The van der Waals surface area contributed by atoms with Crippen LogP contribution in [-0.2, 0) is 0 Å². The van der Waals surface area contributed by atoms with Crippen molar-refractivity contribution in [3.05, 3.63) is 152 Å². The molecule has 0 aliphatic carbocycles. The molecule has 4 nitrogen and oxygen atoms in total. The Bertz CT molecular complexity index is 2790. The smallest absolute Gasteiger partial charge is 0.197 e. The molecule has 0 saturated heterocycles. The zero-order chi connectivity index (χ0) is 30.2. The zero-order valence-corrected chi connectivity index (χ0v) is 24.7. The maximum absolute atomic E-state index is 6.74. The van der Waals surface area contributed by atoms with Crippen LogP contribution in [-0.4, -0.2) is 14.5 Å². The Morgan fingerprint density at radius 1 is 0.457 bits per heavy atom. The Morgan fingerprint density at radius 3 is 1.93 bits per heavy atom. The average Bonchev–Trinajstić information content (AvgIpc) is 3.66. The highest BCUT2D eigenvalue weighted by Crippen LogP contribution is 2.42. The van der Waals surface area contributed by atoms with Crippen LogP contribution < -0.4 is 0 Å². The summed E-state index contributed by atoms with van der Waals surface area (Å²) >= 11 is 0. The lowest BCUT2D eigenvalue weighted by molar-refractivity contribution is 0.663. The van der Waals surface area contributed by atoms with Gasteiger partial charge in [-0.1, -0.05) is 121 Å². The van der Waals surface area contributed by atoms with Crippen LogP contribution in [0.1, 0.15) is 0 Å². The van der Waals surface area contributed by atoms with Gasteiger partial charge in [-0.2, -0.15) is 0 Å². The first-order valence-corrected chi connectivity index (χ1v) is 15.5. The fourth-order valence-corrected chi connectivity index (χ4v) is 7.01. The number of hydrogen-bond acceptors (Lipinski definition) is 3. The maximum Gasteiger partial charge on any atom is 0.197 e. The average molecular weight is 588 g/mol. The van der Waals surface area contributed by atoms with Crippen molar-refractivity contribution in [3.63, 3.8) is 0 Å². The van der Waals surface area contributed by atoms with Gasteiger partial charge in [0, 0.05) is 21.7 Å². The summed E-state index contributed by atoms with van der Waals surface area (Å²) < 4.78 is 9.01. The van der Waals surface area contributed by atoms with E-state index < -0.39 is 0 Å². The lowest BCUT2D eigenvalue weighted by Gasteiger charge is -2.10. The van der Waals surface area contributed by atoms with E-state index in [4.69, 9.17) is 14.4 Å². The van der Waals surface area contributed by atoms with Crippen molar-refractivity contribution in [3.8, 4) is 28.3 Å². The molecule has 7 aromatic carbocycles. The minimum Gasteiger partial charge on any atom is -0.450 e. The lowest BCUT2D eigenvalue weighted by atomic mass is 10.0. The second-order valence-corrected chi connectivity index (χ2v) is 11.8. The van der Waals surface area contributed by atoms with Crippen molar-refractivity contribution in [2.75, 3.05) is 0 Å². The van der Waals surface area contributed by atoms with Gasteiger partial charge in [0.15, 0.2) is 17.2 Å². The molecule has 0 radical (unpaired) electrons. The summed E-state index contributed by atoms with van der Waals surface area (Å²) in [5.41, 5.74) is 7.73. The first-order valence-electron chi connectivity index (χ1n) is 15.5. The first-order chi connectivity index (χ1) is 22.8. The molecule has 0 unspecified atom stereocenters. The van der Waals surface area contributed by atoms with Gasteiger partial charge in [0.1, 0.15) is 11.1 Å². The van der Waals surface area contributed by atoms with Crippen molar-refractivity contribution in [2.45, 2.75) is 0 Å². The molecule has 0 N–H and O–H groups in total. The van der Waals surface area contributed by atoms with Crippen LogP contribution in [0, 0.1) is 0 Å². The topological polar surface area (TPSA) is 43.9 Å². The van der Waals surface area contributed by atoms with E-state index in [-0.39, 0.29) is 0 Å². The molecule has 4 heteroatoms. The summed E-state index contributed by atoms with van der Waals surface area (Å²) in [5.74, 6) is 1.39. The molecule has 0 aliphatic heterocycles. The number of rotatable bonds is 3. The number of furan rings is 1. The molecule has 10 aromatic rings. The highest BCUT2D eigenvalue weighted by atomic mass is 16.3. The third-order valence-electron chi connectivity index (χ3n) is 9.17. The van der Waals surface area contributed by atoms with E-state index in [0.29, 0.717) is 11.4 Å². The molecule has 10 rings (SSSR count). The predicted octanol–water partition coefficient (Wildman–Crippen LogP) is 11.1. The van der Waals surface area contributed by atoms with E-state index in [9.17, 15) is 0 Å². The van der Waals surface area contributed by atoms with E-state index in [2.05, 4.69) is 138 Å². The number of hydrogen-bond donors (Lipinski definition) is 0. The van der Waals surface area contributed by atoms with Gasteiger partial charge in [-0.05, 0) is 63.0 Å². The lowest BCUT2D eigenvalue weighted by Crippen LogP contribution is -2.01. The Balaban J connectivity index is 1.37. The number of fused-ring (bicyclic) bond motifs is 9. The molecular weight excluding hydrogens is 562 g/mol. The molecule has 0 spiro atoms. The Labute approximate surface area is 263 Å². The van der Waals surface area contributed by atoms with Gasteiger partial charge in [-0.25, -0.2) is 9.97 Å². The number of aromatic nitrogens is 3. The number of benzene rings is 7. The largest absolute Gasteiger partial charge is 0.450 e. The molecule has 3 heterocycles. The van der Waals surface area contributed by atoms with Gasteiger partial charge < -0.3 is 4.42 Å². The molecule has 0 atom stereocenters. The molecule has 214 valence electrons. The summed E-state index contributed by atoms with van der Waals surface area (Å²) in [6.45, 7) is 0. The minimum atomic E-state index is 0.663. The Morgan fingerprint density at radius 2 is 1.13 bits per heavy atom. The van der Waals surface area contributed by atoms with Crippen LogP contribution in [0.25, 0.3) is 93.8 Å². The van der Waals surface area contributed by atoms with Gasteiger partial charge in [-0.15, -0.1) is 0 Å². The van der Waals surface area contributed by atoms with E-state index >= 15 is 0 Å². The van der Waals surface area contributed by atoms with Gasteiger partial charge >= 0.3 is 0 Å². The third-order valence-corrected chi connectivity index (χ3v) is 9.17. The standard InChI is InChI=1S/C42H25N3O/c1-3-11-26(12-4-1)31-20-21-35-33(23-31)38-32-18-10-9-13-27(32)19-22-36(38)45(35)42-40-39(43-41(44-42)28-14-5-2-6-15-28)34-24-29-16-7-8-17-30(29)25-37(34)46-40/h1-25H. The van der Waals surface area contributed by atoms with Crippen LogP contribution >= 0.6 is 0 Å². The summed E-state index contributed by atoms with van der Waals surface area (Å²) in [5, 5.41) is 8.03. The van der Waals surface area contributed by atoms with E-state index in [0.717, 1.165) is 49.7 Å². The van der Waals surface area contributed by atoms with Crippen molar-refractivity contribution in [2.24, 2.45) is 0 Å². The second kappa shape index (κ2) is 9.62. The molecule has 0 bridgehead atoms. The summed E-state index contributed by atoms with van der Waals surface area (Å²) in [6.07, 6.45) is 0. The monoisotopic (exact) mass is 587 g/mol. The van der Waals surface area contributed by atoms with Gasteiger partial charge in [0.05, 0.1) is 11.0 Å². The summed E-state index contributed by atoms with van der Waals surface area (Å²) in [7, 11) is 0. The normalized spacial score (nSPS) is 11.9. The molecule has 0 saturated carbocycles. The SMILES string of the molecule is c1ccc(-c2ccc3c(c2)c2c4ccccc4ccc2n3-c2nc(-c3ccccc3)nc3c2oc2cc4ccccc4cc23)cc1. The Hall–Kier alpha value is -6.26. The summed E-state index contributed by atoms with van der Waals surface area (Å²) in [4.78, 5) is 10.5.